The summed E-state index contributed by atoms with van der Waals surface area (Å²) in [7, 11) is 5.12. The molecule has 0 atom stereocenters. The fourth-order valence-electron chi connectivity index (χ4n) is 5.05. The molecule has 0 bridgehead atoms. The van der Waals surface area contributed by atoms with E-state index in [2.05, 4.69) is 32.1 Å². The number of hydrogen-bond donors (Lipinski definition) is 1. The lowest BCUT2D eigenvalue weighted by Crippen LogP contribution is -2.44. The van der Waals surface area contributed by atoms with E-state index in [1.807, 2.05) is 18.2 Å². The van der Waals surface area contributed by atoms with Crippen LogP contribution in [0.25, 0.3) is 11.3 Å². The number of nitrogens with zero attached hydrogens (tertiary/aromatic N) is 5. The van der Waals surface area contributed by atoms with Gasteiger partial charge in [-0.3, -0.25) is 4.79 Å². The van der Waals surface area contributed by atoms with Gasteiger partial charge in [-0.15, -0.1) is 0 Å². The van der Waals surface area contributed by atoms with Gasteiger partial charge >= 0.3 is 6.18 Å². The zero-order valence-electron chi connectivity index (χ0n) is 22.6. The largest absolute Gasteiger partial charge is 0.496 e. The molecule has 9 nitrogen and oxygen atoms in total. The van der Waals surface area contributed by atoms with E-state index in [0.29, 0.717) is 34.2 Å². The van der Waals surface area contributed by atoms with Gasteiger partial charge < -0.3 is 29.5 Å². The lowest BCUT2D eigenvalue weighted by atomic mass is 9.94. The van der Waals surface area contributed by atoms with Crippen LogP contribution in [0.5, 0.6) is 11.5 Å². The number of anilines is 3. The first-order valence-electron chi connectivity index (χ1n) is 12.9. The van der Waals surface area contributed by atoms with Gasteiger partial charge in [0.25, 0.3) is 5.91 Å². The zero-order chi connectivity index (χ0) is 28.4. The summed E-state index contributed by atoms with van der Waals surface area (Å²) in [6.45, 7) is 2.55. The molecular weight excluding hydrogens is 525 g/mol. The molecule has 1 fully saturated rings. The minimum atomic E-state index is -4.47. The Bertz CT molecular complexity index is 1370. The molecule has 1 saturated heterocycles. The van der Waals surface area contributed by atoms with Crippen molar-refractivity contribution in [1.82, 2.24) is 19.8 Å². The highest BCUT2D eigenvalue weighted by Crippen LogP contribution is 2.36. The Labute approximate surface area is 230 Å². The summed E-state index contributed by atoms with van der Waals surface area (Å²) < 4.78 is 50.0. The molecule has 0 radical (unpaired) electrons. The van der Waals surface area contributed by atoms with Crippen LogP contribution in [0.4, 0.5) is 30.5 Å². The van der Waals surface area contributed by atoms with Crippen molar-refractivity contribution in [3.8, 4) is 22.8 Å². The molecule has 40 heavy (non-hydrogen) atoms. The van der Waals surface area contributed by atoms with E-state index in [0.717, 1.165) is 36.8 Å². The third-order valence-electron chi connectivity index (χ3n) is 7.18. The Kier molecular flexibility index (Phi) is 7.70. The molecule has 0 aliphatic carbocycles. The van der Waals surface area contributed by atoms with E-state index < -0.39 is 18.6 Å². The number of nitrogens with one attached hydrogen (secondary N) is 1. The normalized spacial score (nSPS) is 16.1. The monoisotopic (exact) mass is 556 g/mol. The number of carbonyl (C=O) groups is 1. The second-order valence-electron chi connectivity index (χ2n) is 9.87. The molecule has 1 aromatic heterocycles. The van der Waals surface area contributed by atoms with Gasteiger partial charge in [-0.1, -0.05) is 0 Å². The van der Waals surface area contributed by atoms with Crippen LogP contribution < -0.4 is 19.7 Å². The first kappa shape index (κ1) is 27.5. The SMILES string of the molecule is COc1cc(N2CCN(C)CC2)ccc1Nc1nccc(-c2cc3c(c(OC)c2)C(=O)N(CC(F)(F)F)CC3)n1. The topological polar surface area (TPSA) is 83.1 Å². The number of methoxy groups -OCH3 is 2. The maximum Gasteiger partial charge on any atom is 0.406 e. The van der Waals surface area contributed by atoms with Gasteiger partial charge in [0.2, 0.25) is 5.95 Å². The molecule has 0 saturated carbocycles. The average molecular weight is 557 g/mol. The number of carbonyl (C=O) groups excluding carboxylic acids is 1. The molecule has 3 heterocycles. The van der Waals surface area contributed by atoms with E-state index >= 15 is 0 Å². The van der Waals surface area contributed by atoms with Gasteiger partial charge in [0, 0.05) is 56.2 Å². The van der Waals surface area contributed by atoms with Crippen LogP contribution >= 0.6 is 0 Å². The quantitative estimate of drug-likeness (QED) is 0.464. The van der Waals surface area contributed by atoms with E-state index in [4.69, 9.17) is 9.47 Å². The summed E-state index contributed by atoms with van der Waals surface area (Å²) in [5, 5.41) is 3.22. The lowest BCUT2D eigenvalue weighted by molar-refractivity contribution is -0.141. The summed E-state index contributed by atoms with van der Waals surface area (Å²) >= 11 is 0. The van der Waals surface area contributed by atoms with E-state index in [1.165, 1.54) is 7.11 Å². The predicted octanol–water partition coefficient (Wildman–Crippen LogP) is 4.22. The highest BCUT2D eigenvalue weighted by Gasteiger charge is 2.37. The maximum absolute atomic E-state index is 13.0. The third kappa shape index (κ3) is 5.91. The van der Waals surface area contributed by atoms with Gasteiger partial charge in [-0.2, -0.15) is 13.2 Å². The van der Waals surface area contributed by atoms with Crippen molar-refractivity contribution in [3.63, 3.8) is 0 Å². The molecule has 3 aromatic rings. The number of aromatic nitrogens is 2. The number of benzene rings is 2. The van der Waals surface area contributed by atoms with Crippen LogP contribution in [0.2, 0.25) is 0 Å². The number of ether oxygens (including phenoxy) is 2. The van der Waals surface area contributed by atoms with Gasteiger partial charge in [0.1, 0.15) is 18.0 Å². The van der Waals surface area contributed by atoms with Crippen LogP contribution in [0.3, 0.4) is 0 Å². The van der Waals surface area contributed by atoms with Crippen LogP contribution in [-0.4, -0.2) is 92.4 Å². The molecule has 2 aliphatic heterocycles. The van der Waals surface area contributed by atoms with Crippen molar-refractivity contribution in [2.24, 2.45) is 0 Å². The van der Waals surface area contributed by atoms with E-state index in [1.54, 1.807) is 31.5 Å². The Balaban J connectivity index is 1.39. The van der Waals surface area contributed by atoms with Crippen molar-refractivity contribution in [3.05, 3.63) is 53.7 Å². The fourth-order valence-corrected chi connectivity index (χ4v) is 5.05. The molecule has 212 valence electrons. The van der Waals surface area contributed by atoms with Crippen molar-refractivity contribution >= 4 is 23.2 Å². The van der Waals surface area contributed by atoms with Gasteiger partial charge in [-0.05, 0) is 49.4 Å². The Morgan fingerprint density at radius 2 is 1.73 bits per heavy atom. The summed E-state index contributed by atoms with van der Waals surface area (Å²) in [5.74, 6) is 0.507. The molecule has 12 heteroatoms. The number of likely N-dealkylation sites (N-methyl/N-ethyl adjacent to an activating group) is 1. The van der Waals surface area contributed by atoms with Crippen LogP contribution in [-0.2, 0) is 6.42 Å². The van der Waals surface area contributed by atoms with Crippen LogP contribution in [0.1, 0.15) is 15.9 Å². The van der Waals surface area contributed by atoms with Gasteiger partial charge in [0.05, 0.1) is 31.2 Å². The second kappa shape index (κ2) is 11.2. The lowest BCUT2D eigenvalue weighted by Gasteiger charge is -2.34. The molecule has 5 rings (SSSR count). The Morgan fingerprint density at radius 1 is 0.975 bits per heavy atom. The third-order valence-corrected chi connectivity index (χ3v) is 7.18. The smallest absolute Gasteiger partial charge is 0.406 e. The molecule has 2 aliphatic rings. The zero-order valence-corrected chi connectivity index (χ0v) is 22.6. The number of amides is 1. The van der Waals surface area contributed by atoms with Crippen LogP contribution in [0, 0.1) is 0 Å². The van der Waals surface area contributed by atoms with Crippen molar-refractivity contribution in [1.29, 1.82) is 0 Å². The molecule has 1 N–H and O–H groups in total. The number of piperazine rings is 1. The Morgan fingerprint density at radius 3 is 2.42 bits per heavy atom. The second-order valence-corrected chi connectivity index (χ2v) is 9.87. The summed E-state index contributed by atoms with van der Waals surface area (Å²) in [6.07, 6.45) is -2.59. The van der Waals surface area contributed by atoms with Crippen LogP contribution in [0.15, 0.2) is 42.6 Å². The van der Waals surface area contributed by atoms with E-state index in [9.17, 15) is 18.0 Å². The number of rotatable bonds is 7. The highest BCUT2D eigenvalue weighted by atomic mass is 19.4. The number of halogens is 3. The molecule has 2 aromatic carbocycles. The number of fused-ring (bicyclic) bond motifs is 1. The maximum atomic E-state index is 13.0. The average Bonchev–Trinajstić information content (AvgIpc) is 2.94. The highest BCUT2D eigenvalue weighted by molar-refractivity contribution is 6.00. The minimum Gasteiger partial charge on any atom is -0.496 e. The van der Waals surface area contributed by atoms with Crippen molar-refractivity contribution in [2.45, 2.75) is 12.6 Å². The predicted molar refractivity (Wildman–Crippen MR) is 146 cm³/mol. The molecule has 0 unspecified atom stereocenters. The first-order chi connectivity index (χ1) is 19.1. The summed E-state index contributed by atoms with van der Waals surface area (Å²) in [5.41, 5.74) is 3.78. The molecule has 1 amide bonds. The minimum absolute atomic E-state index is 0.0293. The summed E-state index contributed by atoms with van der Waals surface area (Å²) in [4.78, 5) is 27.3. The van der Waals surface area contributed by atoms with Gasteiger partial charge in [-0.25, -0.2) is 9.97 Å². The van der Waals surface area contributed by atoms with Crippen molar-refractivity contribution < 1.29 is 27.4 Å². The molecule has 0 spiro atoms. The van der Waals surface area contributed by atoms with Crippen molar-refractivity contribution in [2.75, 3.05) is 70.8 Å². The number of alkyl halides is 3. The van der Waals surface area contributed by atoms with E-state index in [-0.39, 0.29) is 24.3 Å². The number of hydrogen-bond acceptors (Lipinski definition) is 8. The molecular formula is C28H31F3N6O3. The summed E-state index contributed by atoms with van der Waals surface area (Å²) in [6, 6.07) is 11.1. The fraction of sp³-hybridized carbons (Fsp3) is 0.393. The van der Waals surface area contributed by atoms with Gasteiger partial charge in [0.15, 0.2) is 0 Å². The standard InChI is InChI=1S/C28H31F3N6O3/c1-35-10-12-36(13-11-35)20-4-5-22(23(16-20)39-2)34-27-32-8-6-21(33-27)19-14-18-7-9-37(17-28(29,30)31)26(38)25(18)24(15-19)40-3/h4-6,8,14-16H,7,9-13,17H2,1-3H3,(H,32,33,34). The Hall–Kier alpha value is -4.06. The first-order valence-corrected chi connectivity index (χ1v) is 12.9.